The highest BCUT2D eigenvalue weighted by Gasteiger charge is 2.13. The quantitative estimate of drug-likeness (QED) is 0.484. The molecule has 0 aliphatic rings. The number of pyridine rings is 1. The molecule has 118 valence electrons. The maximum atomic E-state index is 11.5. The fraction of sp³-hybridized carbons (Fsp3) is 0.538. The number of esters is 1. The molecule has 8 heteroatoms. The smallest absolute Gasteiger partial charge is 0.344 e. The Kier molecular flexibility index (Phi) is 8.63. The number of hydrogen-bond donors (Lipinski definition) is 1. The first-order chi connectivity index (χ1) is 10.1. The topological polar surface area (TPSA) is 69.7 Å². The van der Waals surface area contributed by atoms with E-state index >= 15 is 0 Å². The summed E-state index contributed by atoms with van der Waals surface area (Å²) >= 11 is 6.74. The maximum Gasteiger partial charge on any atom is 0.344 e. The van der Waals surface area contributed by atoms with Crippen molar-refractivity contribution in [2.45, 2.75) is 12.8 Å². The summed E-state index contributed by atoms with van der Waals surface area (Å²) in [5.41, 5.74) is 0.799. The summed E-state index contributed by atoms with van der Waals surface area (Å²) in [5, 5.41) is 3.00. The highest BCUT2D eigenvalue weighted by atomic mass is 79.9. The van der Waals surface area contributed by atoms with E-state index in [1.54, 1.807) is 20.4 Å². The lowest BCUT2D eigenvalue weighted by atomic mass is 10.3. The molecule has 0 aliphatic heterocycles. The Morgan fingerprint density at radius 3 is 2.71 bits per heavy atom. The van der Waals surface area contributed by atoms with Crippen LogP contribution < -0.4 is 10.1 Å². The van der Waals surface area contributed by atoms with Gasteiger partial charge in [-0.05, 0) is 44.7 Å². The summed E-state index contributed by atoms with van der Waals surface area (Å²) in [7, 11) is 3.42. The largest absolute Gasteiger partial charge is 0.465 e. The number of unbranched alkanes of at least 4 members (excludes halogenated alkanes) is 1. The molecule has 0 fully saturated rings. The first-order valence-electron chi connectivity index (χ1n) is 6.39. The van der Waals surface area contributed by atoms with Crippen LogP contribution in [0.5, 0.6) is 5.88 Å². The molecule has 6 nitrogen and oxygen atoms in total. The molecule has 0 bridgehead atoms. The zero-order valence-electron chi connectivity index (χ0n) is 11.9. The Balaban J connectivity index is 2.39. The molecule has 1 rings (SSSR count). The summed E-state index contributed by atoms with van der Waals surface area (Å²) in [5.74, 6) is -0.0890. The summed E-state index contributed by atoms with van der Waals surface area (Å²) in [6, 6.07) is 0. The van der Waals surface area contributed by atoms with E-state index < -0.39 is 5.97 Å². The van der Waals surface area contributed by atoms with Crippen molar-refractivity contribution < 1.29 is 19.0 Å². The summed E-state index contributed by atoms with van der Waals surface area (Å²) in [6.45, 7) is 0.847. The van der Waals surface area contributed by atoms with E-state index in [2.05, 4.69) is 42.2 Å². The molecular formula is C13H18Br2N2O4. The molecule has 1 aromatic heterocycles. The van der Waals surface area contributed by atoms with Gasteiger partial charge in [-0.1, -0.05) is 0 Å². The molecule has 0 unspecified atom stereocenters. The molecule has 0 saturated heterocycles. The number of hydrogen-bond acceptors (Lipinski definition) is 6. The van der Waals surface area contributed by atoms with Crippen LogP contribution in [0.4, 0.5) is 5.69 Å². The maximum absolute atomic E-state index is 11.5. The van der Waals surface area contributed by atoms with Gasteiger partial charge in [-0.2, -0.15) is 0 Å². The monoisotopic (exact) mass is 424 g/mol. The van der Waals surface area contributed by atoms with E-state index in [1.807, 2.05) is 0 Å². The molecule has 0 aliphatic carbocycles. The molecule has 0 amide bonds. The van der Waals surface area contributed by atoms with Crippen LogP contribution in [0.1, 0.15) is 12.8 Å². The highest BCUT2D eigenvalue weighted by molar-refractivity contribution is 9.11. The van der Waals surface area contributed by atoms with Crippen molar-refractivity contribution in [3.63, 3.8) is 0 Å². The third-order valence-electron chi connectivity index (χ3n) is 2.52. The van der Waals surface area contributed by atoms with Gasteiger partial charge in [0.2, 0.25) is 5.88 Å². The minimum absolute atomic E-state index is 0.180. The van der Waals surface area contributed by atoms with Crippen molar-refractivity contribution in [1.82, 2.24) is 4.98 Å². The number of anilines is 1. The second-order valence-electron chi connectivity index (χ2n) is 4.06. The number of ether oxygens (including phenoxy) is 3. The van der Waals surface area contributed by atoms with Crippen molar-refractivity contribution in [3.8, 4) is 5.88 Å². The van der Waals surface area contributed by atoms with Gasteiger partial charge in [0.05, 0.1) is 16.8 Å². The molecule has 0 atom stereocenters. The molecule has 1 heterocycles. The Labute approximate surface area is 140 Å². The van der Waals surface area contributed by atoms with Gasteiger partial charge in [0.15, 0.2) is 6.61 Å². The van der Waals surface area contributed by atoms with Crippen LogP contribution in [0, 0.1) is 0 Å². The lowest BCUT2D eigenvalue weighted by Crippen LogP contribution is -2.16. The van der Waals surface area contributed by atoms with Crippen LogP contribution in [-0.4, -0.2) is 44.9 Å². The number of carbonyl (C=O) groups excluding carboxylic acids is 1. The number of nitrogens with one attached hydrogen (secondary N) is 1. The van der Waals surface area contributed by atoms with Gasteiger partial charge in [0.25, 0.3) is 0 Å². The Bertz CT molecular complexity index is 472. The van der Waals surface area contributed by atoms with Gasteiger partial charge < -0.3 is 19.5 Å². The number of nitrogens with zero attached hydrogens (tertiary/aromatic N) is 1. The number of aromatic nitrogens is 1. The Morgan fingerprint density at radius 1 is 1.33 bits per heavy atom. The van der Waals surface area contributed by atoms with Crippen molar-refractivity contribution in [1.29, 1.82) is 0 Å². The van der Waals surface area contributed by atoms with Gasteiger partial charge in [-0.3, -0.25) is 0 Å². The zero-order valence-corrected chi connectivity index (χ0v) is 15.1. The zero-order chi connectivity index (χ0) is 15.7. The van der Waals surface area contributed by atoms with Crippen LogP contribution in [0.25, 0.3) is 0 Å². The van der Waals surface area contributed by atoms with Gasteiger partial charge in [-0.25, -0.2) is 9.78 Å². The first kappa shape index (κ1) is 18.2. The molecule has 0 saturated carbocycles. The standard InChI is InChI=1S/C13H18Br2N2O4/c1-16-12-9(14)7-17-13(11(12)15)21-8-10(18)20-6-4-3-5-19-2/h7H,3-6,8H2,1-2H3,(H,16,17). The van der Waals surface area contributed by atoms with Crippen LogP contribution in [-0.2, 0) is 14.3 Å². The molecule has 1 N–H and O–H groups in total. The predicted molar refractivity (Wildman–Crippen MR) is 86.7 cm³/mol. The van der Waals surface area contributed by atoms with E-state index in [-0.39, 0.29) is 6.61 Å². The van der Waals surface area contributed by atoms with Crippen LogP contribution in [0.15, 0.2) is 15.1 Å². The third-order valence-corrected chi connectivity index (χ3v) is 3.86. The van der Waals surface area contributed by atoms with Crippen molar-refractivity contribution in [2.75, 3.05) is 39.3 Å². The third kappa shape index (κ3) is 6.19. The van der Waals surface area contributed by atoms with Gasteiger partial charge in [-0.15, -0.1) is 0 Å². The number of halogens is 2. The SMILES string of the molecule is CNc1c(Br)cnc(OCC(=O)OCCCCOC)c1Br. The lowest BCUT2D eigenvalue weighted by molar-refractivity contribution is -0.146. The van der Waals surface area contributed by atoms with E-state index in [4.69, 9.17) is 14.2 Å². The summed E-state index contributed by atoms with van der Waals surface area (Å²) in [6.07, 6.45) is 3.22. The average Bonchev–Trinajstić information content (AvgIpc) is 2.47. The Hall–Kier alpha value is -0.860. The molecule has 0 spiro atoms. The van der Waals surface area contributed by atoms with Crippen LogP contribution >= 0.6 is 31.9 Å². The molecule has 1 aromatic rings. The average molecular weight is 426 g/mol. The Morgan fingerprint density at radius 2 is 2.05 bits per heavy atom. The minimum Gasteiger partial charge on any atom is -0.465 e. The second-order valence-corrected chi connectivity index (χ2v) is 5.71. The van der Waals surface area contributed by atoms with Crippen LogP contribution in [0.3, 0.4) is 0 Å². The molecule has 0 radical (unpaired) electrons. The summed E-state index contributed by atoms with van der Waals surface area (Å²) < 4.78 is 16.8. The van der Waals surface area contributed by atoms with Gasteiger partial charge >= 0.3 is 5.97 Å². The predicted octanol–water partition coefficient (Wildman–Crippen LogP) is 3.00. The van der Waals surface area contributed by atoms with E-state index in [1.165, 1.54) is 0 Å². The normalized spacial score (nSPS) is 10.3. The van der Waals surface area contributed by atoms with Gasteiger partial charge in [0, 0.05) is 27.0 Å². The number of carbonyl (C=O) groups is 1. The lowest BCUT2D eigenvalue weighted by Gasteiger charge is -2.11. The summed E-state index contributed by atoms with van der Waals surface area (Å²) in [4.78, 5) is 15.6. The molecular weight excluding hydrogens is 408 g/mol. The van der Waals surface area contributed by atoms with Crippen molar-refractivity contribution in [2.24, 2.45) is 0 Å². The van der Waals surface area contributed by atoms with Gasteiger partial charge in [0.1, 0.15) is 4.47 Å². The highest BCUT2D eigenvalue weighted by Crippen LogP contribution is 2.35. The minimum atomic E-state index is -0.421. The first-order valence-corrected chi connectivity index (χ1v) is 7.97. The molecule has 0 aromatic carbocycles. The van der Waals surface area contributed by atoms with E-state index in [9.17, 15) is 4.79 Å². The fourth-order valence-corrected chi connectivity index (χ4v) is 2.88. The molecule has 21 heavy (non-hydrogen) atoms. The number of methoxy groups -OCH3 is 1. The van der Waals surface area contributed by atoms with E-state index in [0.29, 0.717) is 23.6 Å². The van der Waals surface area contributed by atoms with Crippen molar-refractivity contribution >= 4 is 43.5 Å². The number of rotatable bonds is 9. The fourth-order valence-electron chi connectivity index (χ4n) is 1.48. The van der Waals surface area contributed by atoms with Crippen molar-refractivity contribution in [3.05, 3.63) is 15.1 Å². The van der Waals surface area contributed by atoms with E-state index in [0.717, 1.165) is 23.0 Å². The van der Waals surface area contributed by atoms with Crippen LogP contribution in [0.2, 0.25) is 0 Å². The second kappa shape index (κ2) is 9.97.